The van der Waals surface area contributed by atoms with Gasteiger partial charge in [-0.3, -0.25) is 5.41 Å². The van der Waals surface area contributed by atoms with Crippen molar-refractivity contribution in [2.75, 3.05) is 0 Å². The molecule has 1 N–H and O–H groups in total. The van der Waals surface area contributed by atoms with E-state index in [9.17, 15) is 0 Å². The Balaban J connectivity index is 2.46. The fourth-order valence-corrected chi connectivity index (χ4v) is 2.78. The molecule has 1 aromatic carbocycles. The number of hydrogen-bond acceptors (Lipinski definition) is 1. The van der Waals surface area contributed by atoms with E-state index in [2.05, 4.69) is 26.0 Å². The van der Waals surface area contributed by atoms with Crippen LogP contribution in [0.4, 0.5) is 0 Å². The summed E-state index contributed by atoms with van der Waals surface area (Å²) in [5.74, 6) is 0.662. The highest BCUT2D eigenvalue weighted by Crippen LogP contribution is 2.39. The molecule has 1 aromatic rings. The Kier molecular flexibility index (Phi) is 4.82. The quantitative estimate of drug-likeness (QED) is 0.530. The monoisotopic (exact) mass is 287 g/mol. The van der Waals surface area contributed by atoms with Crippen LogP contribution in [0.3, 0.4) is 0 Å². The zero-order valence-electron chi connectivity index (χ0n) is 12.5. The van der Waals surface area contributed by atoms with E-state index in [4.69, 9.17) is 17.0 Å². The molecule has 1 aliphatic carbocycles. The van der Waals surface area contributed by atoms with Gasteiger partial charge >= 0.3 is 0 Å². The van der Waals surface area contributed by atoms with Crippen LogP contribution in [-0.4, -0.2) is 5.71 Å². The summed E-state index contributed by atoms with van der Waals surface area (Å²) in [4.78, 5) is 0. The molecule has 1 nitrogen and oxygen atoms in total. The minimum atomic E-state index is 0.558. The molecule has 0 unspecified atom stereocenters. The van der Waals surface area contributed by atoms with E-state index < -0.39 is 0 Å². The molecule has 1 fully saturated rings. The third kappa shape index (κ3) is 3.21. The van der Waals surface area contributed by atoms with Crippen molar-refractivity contribution in [3.8, 4) is 0 Å². The van der Waals surface area contributed by atoms with Crippen molar-refractivity contribution in [1.82, 2.24) is 0 Å². The van der Waals surface area contributed by atoms with Crippen molar-refractivity contribution in [3.05, 3.63) is 57.6 Å². The van der Waals surface area contributed by atoms with Crippen LogP contribution in [0.1, 0.15) is 44.2 Å². The maximum atomic E-state index is 8.61. The van der Waals surface area contributed by atoms with Crippen molar-refractivity contribution in [1.29, 1.82) is 5.41 Å². The largest absolute Gasteiger partial charge is 0.300 e. The first kappa shape index (κ1) is 15.1. The molecule has 0 bridgehead atoms. The van der Waals surface area contributed by atoms with E-state index in [1.807, 2.05) is 25.1 Å². The maximum absolute atomic E-state index is 8.61. The predicted molar refractivity (Wildman–Crippen MR) is 87.9 cm³/mol. The number of aryl methyl sites for hydroxylation is 1. The molecule has 0 saturated heterocycles. The summed E-state index contributed by atoms with van der Waals surface area (Å²) in [6.07, 6.45) is 7.71. The topological polar surface area (TPSA) is 23.9 Å². The van der Waals surface area contributed by atoms with Crippen molar-refractivity contribution in [2.24, 2.45) is 5.92 Å². The molecular weight excluding hydrogens is 266 g/mol. The summed E-state index contributed by atoms with van der Waals surface area (Å²) in [5, 5.41) is 9.27. The number of benzene rings is 1. The Labute approximate surface area is 126 Å². The second-order valence-corrected chi connectivity index (χ2v) is 5.90. The van der Waals surface area contributed by atoms with E-state index in [0.29, 0.717) is 16.7 Å². The standard InChI is InChI=1S/C18H22ClN/c1-4-5-8-15(13(3)14-10-11-14)18(20)17-12(2)7-6-9-16(17)19/h5-9,14,20H,4,10-11H2,1-3H3/b8-5+,15-13+,20-18?. The molecule has 0 amide bonds. The van der Waals surface area contributed by atoms with Crippen molar-refractivity contribution in [3.63, 3.8) is 0 Å². The van der Waals surface area contributed by atoms with Gasteiger partial charge in [0.05, 0.1) is 10.7 Å². The number of hydrogen-bond donors (Lipinski definition) is 1. The third-order valence-electron chi connectivity index (χ3n) is 3.88. The molecule has 0 radical (unpaired) electrons. The molecular formula is C18H22ClN. The van der Waals surface area contributed by atoms with Gasteiger partial charge in [-0.2, -0.15) is 0 Å². The molecule has 0 aromatic heterocycles. The second kappa shape index (κ2) is 6.41. The van der Waals surface area contributed by atoms with Crippen LogP contribution in [0.25, 0.3) is 0 Å². The van der Waals surface area contributed by atoms with Gasteiger partial charge in [-0.1, -0.05) is 48.4 Å². The van der Waals surface area contributed by atoms with E-state index >= 15 is 0 Å². The highest BCUT2D eigenvalue weighted by molar-refractivity contribution is 6.35. The normalized spacial score (nSPS) is 16.4. The van der Waals surface area contributed by atoms with Crippen LogP contribution in [0.15, 0.2) is 41.5 Å². The van der Waals surface area contributed by atoms with Crippen LogP contribution in [-0.2, 0) is 0 Å². The first-order valence-electron chi connectivity index (χ1n) is 7.28. The molecule has 106 valence electrons. The summed E-state index contributed by atoms with van der Waals surface area (Å²) >= 11 is 6.31. The summed E-state index contributed by atoms with van der Waals surface area (Å²) in [6.45, 7) is 6.29. The van der Waals surface area contributed by atoms with E-state index in [1.165, 1.54) is 18.4 Å². The predicted octanol–water partition coefficient (Wildman–Crippen LogP) is 5.71. The Morgan fingerprint density at radius 2 is 2.10 bits per heavy atom. The number of allylic oxidation sites excluding steroid dienone is 4. The second-order valence-electron chi connectivity index (χ2n) is 5.49. The van der Waals surface area contributed by atoms with Crippen LogP contribution < -0.4 is 0 Å². The highest BCUT2D eigenvalue weighted by Gasteiger charge is 2.26. The zero-order valence-corrected chi connectivity index (χ0v) is 13.2. The lowest BCUT2D eigenvalue weighted by atomic mass is 9.93. The first-order chi connectivity index (χ1) is 9.56. The molecule has 1 aliphatic rings. The highest BCUT2D eigenvalue weighted by atomic mass is 35.5. The van der Waals surface area contributed by atoms with Crippen molar-refractivity contribution >= 4 is 17.3 Å². The lowest BCUT2D eigenvalue weighted by Crippen LogP contribution is -2.08. The van der Waals surface area contributed by atoms with Crippen LogP contribution in [0.2, 0.25) is 5.02 Å². The number of halogens is 1. The lowest BCUT2D eigenvalue weighted by molar-refractivity contribution is 0.995. The summed E-state index contributed by atoms with van der Waals surface area (Å²) in [5.41, 5.74) is 4.87. The van der Waals surface area contributed by atoms with Crippen LogP contribution in [0.5, 0.6) is 0 Å². The minimum Gasteiger partial charge on any atom is -0.300 e. The average Bonchev–Trinajstić information content (AvgIpc) is 3.23. The molecule has 0 atom stereocenters. The Morgan fingerprint density at radius 3 is 2.65 bits per heavy atom. The molecule has 0 aliphatic heterocycles. The Morgan fingerprint density at radius 1 is 1.40 bits per heavy atom. The van der Waals surface area contributed by atoms with Gasteiger partial charge in [0.2, 0.25) is 0 Å². The Hall–Kier alpha value is -1.34. The third-order valence-corrected chi connectivity index (χ3v) is 4.19. The van der Waals surface area contributed by atoms with Gasteiger partial charge in [-0.25, -0.2) is 0 Å². The zero-order chi connectivity index (χ0) is 14.7. The number of rotatable bonds is 5. The maximum Gasteiger partial charge on any atom is 0.0701 e. The Bertz CT molecular complexity index is 557. The van der Waals surface area contributed by atoms with Crippen LogP contribution in [0, 0.1) is 18.3 Å². The molecule has 1 saturated carbocycles. The summed E-state index contributed by atoms with van der Waals surface area (Å²) in [7, 11) is 0. The van der Waals surface area contributed by atoms with Gasteiger partial charge < -0.3 is 0 Å². The van der Waals surface area contributed by atoms with Gasteiger partial charge in [-0.05, 0) is 56.2 Å². The SMILES string of the molecule is CC/C=C/C(C(=N)c1c(C)cccc1Cl)=C(/C)C1CC1. The van der Waals surface area contributed by atoms with Crippen molar-refractivity contribution < 1.29 is 0 Å². The molecule has 0 heterocycles. The van der Waals surface area contributed by atoms with E-state index in [-0.39, 0.29) is 0 Å². The van der Waals surface area contributed by atoms with Gasteiger partial charge in [0.1, 0.15) is 0 Å². The number of nitrogens with one attached hydrogen (secondary N) is 1. The van der Waals surface area contributed by atoms with E-state index in [0.717, 1.165) is 23.1 Å². The van der Waals surface area contributed by atoms with E-state index in [1.54, 1.807) is 0 Å². The smallest absolute Gasteiger partial charge is 0.0701 e. The van der Waals surface area contributed by atoms with Crippen molar-refractivity contribution in [2.45, 2.75) is 40.0 Å². The van der Waals surface area contributed by atoms with Gasteiger partial charge in [0.25, 0.3) is 0 Å². The van der Waals surface area contributed by atoms with Gasteiger partial charge in [0.15, 0.2) is 0 Å². The van der Waals surface area contributed by atoms with Gasteiger partial charge in [-0.15, -0.1) is 0 Å². The van der Waals surface area contributed by atoms with Crippen LogP contribution >= 0.6 is 11.6 Å². The summed E-state index contributed by atoms with van der Waals surface area (Å²) < 4.78 is 0. The molecule has 2 heteroatoms. The average molecular weight is 288 g/mol. The molecule has 20 heavy (non-hydrogen) atoms. The lowest BCUT2D eigenvalue weighted by Gasteiger charge is -2.14. The van der Waals surface area contributed by atoms with Gasteiger partial charge in [0, 0.05) is 5.56 Å². The minimum absolute atomic E-state index is 0.558. The molecule has 0 spiro atoms. The molecule has 2 rings (SSSR count). The summed E-state index contributed by atoms with van der Waals surface area (Å²) in [6, 6.07) is 5.82. The first-order valence-corrected chi connectivity index (χ1v) is 7.65. The fourth-order valence-electron chi connectivity index (χ4n) is 2.47. The fraction of sp³-hybridized carbons (Fsp3) is 0.389.